The average Bonchev–Trinajstić information content (AvgIpc) is 2.54. The Morgan fingerprint density at radius 3 is 2.74 bits per heavy atom. The Bertz CT molecular complexity index is 747. The highest BCUT2D eigenvalue weighted by Crippen LogP contribution is 2.38. The minimum Gasteiger partial charge on any atom is -0.495 e. The number of nitrogens with two attached hydrogens (primary N) is 1. The van der Waals surface area contributed by atoms with Crippen molar-refractivity contribution < 1.29 is 19.0 Å². The van der Waals surface area contributed by atoms with Gasteiger partial charge in [-0.15, -0.1) is 0 Å². The number of fused-ring (bicyclic) bond motifs is 1. The number of amides is 1. The maximum atomic E-state index is 11.0. The second-order valence-electron chi connectivity index (χ2n) is 5.16. The van der Waals surface area contributed by atoms with Crippen molar-refractivity contribution >= 4 is 17.7 Å². The van der Waals surface area contributed by atoms with Crippen molar-refractivity contribution in [3.05, 3.63) is 47.0 Å². The van der Waals surface area contributed by atoms with Gasteiger partial charge >= 0.3 is 6.09 Å². The molecule has 0 saturated carbocycles. The summed E-state index contributed by atoms with van der Waals surface area (Å²) in [6, 6.07) is 11.3. The van der Waals surface area contributed by atoms with Crippen molar-refractivity contribution in [3.63, 3.8) is 0 Å². The van der Waals surface area contributed by atoms with E-state index in [-0.39, 0.29) is 6.10 Å². The maximum absolute atomic E-state index is 11.0. The van der Waals surface area contributed by atoms with Crippen molar-refractivity contribution in [1.29, 1.82) is 0 Å². The molecule has 6 heteroatoms. The van der Waals surface area contributed by atoms with Gasteiger partial charge in [0, 0.05) is 12.0 Å². The van der Waals surface area contributed by atoms with E-state index >= 15 is 0 Å². The first-order valence-electron chi connectivity index (χ1n) is 7.15. The quantitative estimate of drug-likeness (QED) is 0.923. The van der Waals surface area contributed by atoms with Crippen LogP contribution < -0.4 is 15.2 Å². The van der Waals surface area contributed by atoms with Gasteiger partial charge < -0.3 is 19.9 Å². The second kappa shape index (κ2) is 6.38. The van der Waals surface area contributed by atoms with Gasteiger partial charge in [-0.1, -0.05) is 29.8 Å². The highest BCUT2D eigenvalue weighted by molar-refractivity contribution is 6.32. The van der Waals surface area contributed by atoms with E-state index < -0.39 is 6.09 Å². The van der Waals surface area contributed by atoms with Gasteiger partial charge in [0.05, 0.1) is 18.7 Å². The molecule has 1 heterocycles. The SMILES string of the molecule is COc1cc(-c2ccc3c(c2)OCCC3OC(N)=O)ccc1Cl. The lowest BCUT2D eigenvalue weighted by Gasteiger charge is -2.25. The number of primary amides is 1. The number of methoxy groups -OCH3 is 1. The van der Waals surface area contributed by atoms with Crippen LogP contribution >= 0.6 is 11.6 Å². The van der Waals surface area contributed by atoms with Crippen LogP contribution in [0.1, 0.15) is 18.1 Å². The van der Waals surface area contributed by atoms with E-state index in [9.17, 15) is 4.79 Å². The van der Waals surface area contributed by atoms with Crippen molar-refractivity contribution in [2.75, 3.05) is 13.7 Å². The van der Waals surface area contributed by atoms with Gasteiger partial charge in [-0.05, 0) is 29.3 Å². The summed E-state index contributed by atoms with van der Waals surface area (Å²) in [4.78, 5) is 11.0. The fourth-order valence-corrected chi connectivity index (χ4v) is 2.83. The van der Waals surface area contributed by atoms with E-state index in [1.54, 1.807) is 13.2 Å². The second-order valence-corrected chi connectivity index (χ2v) is 5.57. The first-order chi connectivity index (χ1) is 11.1. The first-order valence-corrected chi connectivity index (χ1v) is 7.53. The van der Waals surface area contributed by atoms with Crippen LogP contribution in [0.5, 0.6) is 11.5 Å². The molecule has 2 N–H and O–H groups in total. The molecule has 1 atom stereocenters. The zero-order chi connectivity index (χ0) is 16.4. The van der Waals surface area contributed by atoms with E-state index in [0.29, 0.717) is 29.5 Å². The fraction of sp³-hybridized carbons (Fsp3) is 0.235. The Morgan fingerprint density at radius 1 is 1.26 bits per heavy atom. The van der Waals surface area contributed by atoms with Crippen molar-refractivity contribution in [2.45, 2.75) is 12.5 Å². The molecule has 0 radical (unpaired) electrons. The molecule has 1 aliphatic rings. The van der Waals surface area contributed by atoms with E-state index in [4.69, 9.17) is 31.5 Å². The molecule has 2 aromatic rings. The summed E-state index contributed by atoms with van der Waals surface area (Å²) in [5.74, 6) is 1.30. The Balaban J connectivity index is 1.96. The molecule has 3 rings (SSSR count). The van der Waals surface area contributed by atoms with Crippen LogP contribution in [0, 0.1) is 0 Å². The predicted octanol–water partition coefficient (Wildman–Crippen LogP) is 3.93. The molecule has 120 valence electrons. The zero-order valence-electron chi connectivity index (χ0n) is 12.5. The van der Waals surface area contributed by atoms with Gasteiger partial charge in [0.2, 0.25) is 0 Å². The third-order valence-electron chi connectivity index (χ3n) is 3.74. The fourth-order valence-electron chi connectivity index (χ4n) is 2.64. The van der Waals surface area contributed by atoms with Crippen LogP contribution in [0.4, 0.5) is 4.79 Å². The van der Waals surface area contributed by atoms with E-state index in [1.165, 1.54) is 0 Å². The number of rotatable bonds is 3. The molecule has 0 spiro atoms. The highest BCUT2D eigenvalue weighted by Gasteiger charge is 2.24. The van der Waals surface area contributed by atoms with Crippen LogP contribution in [0.3, 0.4) is 0 Å². The van der Waals surface area contributed by atoms with E-state index in [1.807, 2.05) is 30.3 Å². The Morgan fingerprint density at radius 2 is 2.00 bits per heavy atom. The lowest BCUT2D eigenvalue weighted by atomic mass is 9.98. The van der Waals surface area contributed by atoms with Crippen LogP contribution in [0.15, 0.2) is 36.4 Å². The lowest BCUT2D eigenvalue weighted by molar-refractivity contribution is 0.0766. The number of benzene rings is 2. The van der Waals surface area contributed by atoms with Gasteiger partial charge in [-0.2, -0.15) is 0 Å². The summed E-state index contributed by atoms with van der Waals surface area (Å²) in [5.41, 5.74) is 7.85. The summed E-state index contributed by atoms with van der Waals surface area (Å²) in [6.07, 6.45) is -0.566. The maximum Gasteiger partial charge on any atom is 0.405 e. The molecule has 0 bridgehead atoms. The number of hydrogen-bond acceptors (Lipinski definition) is 4. The molecule has 23 heavy (non-hydrogen) atoms. The number of halogens is 1. The van der Waals surface area contributed by atoms with Gasteiger partial charge in [-0.3, -0.25) is 0 Å². The van der Waals surface area contributed by atoms with Gasteiger partial charge in [0.1, 0.15) is 17.6 Å². The first kappa shape index (κ1) is 15.5. The average molecular weight is 334 g/mol. The molecule has 1 unspecified atom stereocenters. The minimum atomic E-state index is -0.783. The third kappa shape index (κ3) is 3.19. The van der Waals surface area contributed by atoms with Crippen LogP contribution in [0.2, 0.25) is 5.02 Å². The van der Waals surface area contributed by atoms with E-state index in [0.717, 1.165) is 16.7 Å². The smallest absolute Gasteiger partial charge is 0.405 e. The Kier molecular flexibility index (Phi) is 4.30. The molecule has 0 fully saturated rings. The number of carbonyl (C=O) groups is 1. The Hall–Kier alpha value is -2.40. The van der Waals surface area contributed by atoms with Gasteiger partial charge in [0.15, 0.2) is 0 Å². The summed E-state index contributed by atoms with van der Waals surface area (Å²) >= 11 is 6.06. The lowest BCUT2D eigenvalue weighted by Crippen LogP contribution is -2.22. The standard InChI is InChI=1S/C17H16ClNO4/c1-21-16-9-11(3-5-13(16)18)10-2-4-12-14(23-17(19)20)6-7-22-15(12)8-10/h2-5,8-9,14H,6-7H2,1H3,(H2,19,20). The topological polar surface area (TPSA) is 70.8 Å². The van der Waals surface area contributed by atoms with Crippen molar-refractivity contribution in [1.82, 2.24) is 0 Å². The van der Waals surface area contributed by atoms with E-state index in [2.05, 4.69) is 0 Å². The largest absolute Gasteiger partial charge is 0.495 e. The summed E-state index contributed by atoms with van der Waals surface area (Å²) in [7, 11) is 1.58. The molecule has 2 aromatic carbocycles. The highest BCUT2D eigenvalue weighted by atomic mass is 35.5. The van der Waals surface area contributed by atoms with Crippen LogP contribution in [0.25, 0.3) is 11.1 Å². The van der Waals surface area contributed by atoms with Crippen molar-refractivity contribution in [2.24, 2.45) is 5.73 Å². The molecule has 0 aliphatic carbocycles. The molecule has 1 aliphatic heterocycles. The molecule has 5 nitrogen and oxygen atoms in total. The zero-order valence-corrected chi connectivity index (χ0v) is 13.3. The number of carbonyl (C=O) groups excluding carboxylic acids is 1. The number of ether oxygens (including phenoxy) is 3. The molecular weight excluding hydrogens is 318 g/mol. The normalized spacial score (nSPS) is 16.2. The Labute approximate surface area is 138 Å². The minimum absolute atomic E-state index is 0.370. The van der Waals surface area contributed by atoms with Crippen molar-refractivity contribution in [3.8, 4) is 22.6 Å². The van der Waals surface area contributed by atoms with Gasteiger partial charge in [0.25, 0.3) is 0 Å². The molecule has 0 saturated heterocycles. The number of hydrogen-bond donors (Lipinski definition) is 1. The van der Waals surface area contributed by atoms with Gasteiger partial charge in [-0.25, -0.2) is 4.79 Å². The van der Waals surface area contributed by atoms with Crippen LogP contribution in [-0.4, -0.2) is 19.8 Å². The molecule has 0 aromatic heterocycles. The van der Waals surface area contributed by atoms with Crippen LogP contribution in [-0.2, 0) is 4.74 Å². The monoisotopic (exact) mass is 333 g/mol. The molecule has 1 amide bonds. The molecular formula is C17H16ClNO4. The summed E-state index contributed by atoms with van der Waals surface area (Å²) < 4.78 is 16.1. The predicted molar refractivity (Wildman–Crippen MR) is 87.0 cm³/mol. The summed E-state index contributed by atoms with van der Waals surface area (Å²) in [6.45, 7) is 0.471. The summed E-state index contributed by atoms with van der Waals surface area (Å²) in [5, 5.41) is 0.556. The third-order valence-corrected chi connectivity index (χ3v) is 4.05.